The van der Waals surface area contributed by atoms with Crippen LogP contribution in [0.5, 0.6) is 0 Å². The fraction of sp³-hybridized carbons (Fsp3) is 0.375. The number of hydrogen-bond acceptors (Lipinski definition) is 2. The zero-order valence-corrected chi connectivity index (χ0v) is 13.0. The summed E-state index contributed by atoms with van der Waals surface area (Å²) in [4.78, 5) is 12.1. The molecule has 0 spiro atoms. The van der Waals surface area contributed by atoms with Crippen LogP contribution in [0.4, 0.5) is 4.39 Å². The van der Waals surface area contributed by atoms with Gasteiger partial charge in [0, 0.05) is 18.2 Å². The van der Waals surface area contributed by atoms with Crippen LogP contribution < -0.4 is 5.32 Å². The van der Waals surface area contributed by atoms with E-state index in [-0.39, 0.29) is 23.0 Å². The molecule has 1 aromatic carbocycles. The van der Waals surface area contributed by atoms with Crippen LogP contribution in [0.25, 0.3) is 11.3 Å². The molecule has 0 aliphatic rings. The third-order valence-electron chi connectivity index (χ3n) is 3.00. The van der Waals surface area contributed by atoms with E-state index in [1.54, 1.807) is 25.2 Å². The van der Waals surface area contributed by atoms with Crippen molar-refractivity contribution in [1.82, 2.24) is 15.1 Å². The van der Waals surface area contributed by atoms with Crippen LogP contribution in [0.1, 0.15) is 36.8 Å². The second-order valence-corrected chi connectivity index (χ2v) is 6.23. The fourth-order valence-corrected chi connectivity index (χ4v) is 2.07. The molecule has 2 aromatic rings. The summed E-state index contributed by atoms with van der Waals surface area (Å²) in [5, 5.41) is 7.02. The third kappa shape index (κ3) is 3.48. The van der Waals surface area contributed by atoms with Crippen LogP contribution >= 0.6 is 0 Å². The summed E-state index contributed by atoms with van der Waals surface area (Å²) in [7, 11) is 1.70. The van der Waals surface area contributed by atoms with Crippen molar-refractivity contribution >= 4 is 5.91 Å². The normalized spacial score (nSPS) is 11.5. The summed E-state index contributed by atoms with van der Waals surface area (Å²) in [5.41, 5.74) is 1.91. The molecule has 2 rings (SSSR count). The Morgan fingerprint density at radius 3 is 2.57 bits per heavy atom. The number of benzene rings is 1. The number of aromatic nitrogens is 2. The van der Waals surface area contributed by atoms with Gasteiger partial charge in [-0.25, -0.2) is 4.39 Å². The molecule has 0 aliphatic carbocycles. The predicted octanol–water partition coefficient (Wildman–Crippen LogP) is 3.06. The van der Waals surface area contributed by atoms with E-state index in [0.717, 1.165) is 5.56 Å². The molecule has 1 N–H and O–H groups in total. The summed E-state index contributed by atoms with van der Waals surface area (Å²) in [6.45, 7) is 7.59. The van der Waals surface area contributed by atoms with E-state index in [9.17, 15) is 9.18 Å². The average molecular weight is 289 g/mol. The van der Waals surface area contributed by atoms with Gasteiger partial charge in [0.15, 0.2) is 5.69 Å². The lowest BCUT2D eigenvalue weighted by atomic mass is 10.1. The number of hydrogen-bond donors (Lipinski definition) is 1. The summed E-state index contributed by atoms with van der Waals surface area (Å²) in [6.07, 6.45) is 0. The summed E-state index contributed by atoms with van der Waals surface area (Å²) < 4.78 is 15.5. The van der Waals surface area contributed by atoms with Crippen molar-refractivity contribution in [3.8, 4) is 11.3 Å². The van der Waals surface area contributed by atoms with Crippen molar-refractivity contribution in [2.45, 2.75) is 33.2 Å². The lowest BCUT2D eigenvalue weighted by molar-refractivity contribution is 0.0913. The molecule has 112 valence electrons. The van der Waals surface area contributed by atoms with Gasteiger partial charge < -0.3 is 5.32 Å². The summed E-state index contributed by atoms with van der Waals surface area (Å²) in [5.74, 6) is -0.594. The summed E-state index contributed by atoms with van der Waals surface area (Å²) in [6, 6.07) is 6.49. The van der Waals surface area contributed by atoms with Gasteiger partial charge in [-0.15, -0.1) is 0 Å². The first-order valence-electron chi connectivity index (χ1n) is 6.80. The molecule has 0 bridgehead atoms. The minimum absolute atomic E-state index is 0.266. The first-order valence-corrected chi connectivity index (χ1v) is 6.80. The Morgan fingerprint density at radius 1 is 1.29 bits per heavy atom. The number of nitrogens with one attached hydrogen (secondary N) is 1. The summed E-state index contributed by atoms with van der Waals surface area (Å²) >= 11 is 0. The number of halogens is 1. The standard InChI is InChI=1S/C16H20FN3O/c1-10-6-7-12(17)11(8-10)14-9-13(19-20(14)5)15(21)18-16(2,3)4/h6-9H,1-5H3,(H,18,21). The van der Waals surface area contributed by atoms with Crippen molar-refractivity contribution < 1.29 is 9.18 Å². The van der Waals surface area contributed by atoms with Crippen molar-refractivity contribution in [1.29, 1.82) is 0 Å². The minimum Gasteiger partial charge on any atom is -0.346 e. The van der Waals surface area contributed by atoms with Gasteiger partial charge in [0.1, 0.15) is 5.82 Å². The Bertz CT molecular complexity index is 683. The highest BCUT2D eigenvalue weighted by Gasteiger charge is 2.20. The van der Waals surface area contributed by atoms with E-state index >= 15 is 0 Å². The van der Waals surface area contributed by atoms with Crippen molar-refractivity contribution in [2.24, 2.45) is 7.05 Å². The largest absolute Gasteiger partial charge is 0.346 e. The Balaban J connectivity index is 2.40. The Kier molecular flexibility index (Phi) is 3.85. The van der Waals surface area contributed by atoms with Gasteiger partial charge >= 0.3 is 0 Å². The maximum absolute atomic E-state index is 14.0. The quantitative estimate of drug-likeness (QED) is 0.923. The maximum Gasteiger partial charge on any atom is 0.272 e. The number of nitrogens with zero attached hydrogens (tertiary/aromatic N) is 2. The second kappa shape index (κ2) is 5.31. The first kappa shape index (κ1) is 15.2. The molecule has 1 amide bonds. The van der Waals surface area contributed by atoms with Gasteiger partial charge in [-0.3, -0.25) is 9.48 Å². The fourth-order valence-electron chi connectivity index (χ4n) is 2.07. The molecule has 1 aromatic heterocycles. The molecule has 4 nitrogen and oxygen atoms in total. The molecule has 5 heteroatoms. The van der Waals surface area contributed by atoms with Crippen LogP contribution in [0.3, 0.4) is 0 Å². The molecule has 0 aliphatic heterocycles. The average Bonchev–Trinajstić information content (AvgIpc) is 2.72. The van der Waals surface area contributed by atoms with Gasteiger partial charge in [-0.1, -0.05) is 11.6 Å². The van der Waals surface area contributed by atoms with Gasteiger partial charge in [-0.05, 0) is 45.9 Å². The zero-order chi connectivity index (χ0) is 15.8. The van der Waals surface area contributed by atoms with Gasteiger partial charge in [0.2, 0.25) is 0 Å². The number of carbonyl (C=O) groups is 1. The molecule has 0 atom stereocenters. The van der Waals surface area contributed by atoms with Crippen LogP contribution in [-0.4, -0.2) is 21.2 Å². The molecule has 1 heterocycles. The van der Waals surface area contributed by atoms with Crippen molar-refractivity contribution in [3.63, 3.8) is 0 Å². The van der Waals surface area contributed by atoms with Crippen LogP contribution in [-0.2, 0) is 7.05 Å². The van der Waals surface area contributed by atoms with Gasteiger partial charge in [-0.2, -0.15) is 5.10 Å². The monoisotopic (exact) mass is 289 g/mol. The van der Waals surface area contributed by atoms with E-state index in [2.05, 4.69) is 10.4 Å². The third-order valence-corrected chi connectivity index (χ3v) is 3.00. The van der Waals surface area contributed by atoms with E-state index in [4.69, 9.17) is 0 Å². The van der Waals surface area contributed by atoms with E-state index in [0.29, 0.717) is 11.3 Å². The Labute approximate surface area is 124 Å². The lowest BCUT2D eigenvalue weighted by Gasteiger charge is -2.19. The van der Waals surface area contributed by atoms with Crippen LogP contribution in [0, 0.1) is 12.7 Å². The Hall–Kier alpha value is -2.17. The van der Waals surface area contributed by atoms with E-state index < -0.39 is 0 Å². The molecule has 0 fully saturated rings. The van der Waals surface area contributed by atoms with Crippen molar-refractivity contribution in [2.75, 3.05) is 0 Å². The topological polar surface area (TPSA) is 46.9 Å². The zero-order valence-electron chi connectivity index (χ0n) is 13.0. The SMILES string of the molecule is Cc1ccc(F)c(-c2cc(C(=O)NC(C)(C)C)nn2C)c1. The maximum atomic E-state index is 14.0. The van der Waals surface area contributed by atoms with E-state index in [1.165, 1.54) is 10.7 Å². The molecular formula is C16H20FN3O. The highest BCUT2D eigenvalue weighted by molar-refractivity contribution is 5.93. The van der Waals surface area contributed by atoms with Gasteiger partial charge in [0.25, 0.3) is 5.91 Å². The molecule has 0 unspecified atom stereocenters. The molecule has 21 heavy (non-hydrogen) atoms. The molecule has 0 radical (unpaired) electrons. The predicted molar refractivity (Wildman–Crippen MR) is 80.6 cm³/mol. The van der Waals surface area contributed by atoms with Crippen LogP contribution in [0.15, 0.2) is 24.3 Å². The number of amides is 1. The highest BCUT2D eigenvalue weighted by Crippen LogP contribution is 2.24. The number of carbonyl (C=O) groups excluding carboxylic acids is 1. The molecular weight excluding hydrogens is 269 g/mol. The number of rotatable bonds is 2. The molecule has 0 saturated carbocycles. The second-order valence-electron chi connectivity index (χ2n) is 6.23. The van der Waals surface area contributed by atoms with Gasteiger partial charge in [0.05, 0.1) is 5.69 Å². The molecule has 0 saturated heterocycles. The smallest absolute Gasteiger partial charge is 0.272 e. The highest BCUT2D eigenvalue weighted by atomic mass is 19.1. The van der Waals surface area contributed by atoms with Crippen LogP contribution in [0.2, 0.25) is 0 Å². The first-order chi connectivity index (χ1) is 9.67. The lowest BCUT2D eigenvalue weighted by Crippen LogP contribution is -2.40. The number of aryl methyl sites for hydroxylation is 2. The van der Waals surface area contributed by atoms with E-state index in [1.807, 2.05) is 27.7 Å². The Morgan fingerprint density at radius 2 is 1.95 bits per heavy atom. The van der Waals surface area contributed by atoms with Crippen molar-refractivity contribution in [3.05, 3.63) is 41.3 Å². The minimum atomic E-state index is -0.344.